The molecule has 1 aromatic carbocycles. The Kier molecular flexibility index (Phi) is 6.64. The molecule has 3 N–H and O–H groups in total. The number of nitrogens with one attached hydrogen (secondary N) is 2. The number of likely N-dealkylation sites (N-methyl/N-ethyl adjacent to an activating group) is 1. The highest BCUT2D eigenvalue weighted by molar-refractivity contribution is 5.75. The molecule has 7 heteroatoms. The fourth-order valence-corrected chi connectivity index (χ4v) is 3.20. The number of ether oxygens (including phenoxy) is 1. The monoisotopic (exact) mass is 349 g/mol. The molecule has 1 aromatic rings. The zero-order valence-corrected chi connectivity index (χ0v) is 15.0. The Morgan fingerprint density at radius 3 is 2.64 bits per heavy atom. The van der Waals surface area contributed by atoms with Crippen LogP contribution in [0.3, 0.4) is 0 Å². The molecule has 7 nitrogen and oxygen atoms in total. The van der Waals surface area contributed by atoms with Crippen molar-refractivity contribution in [1.29, 1.82) is 0 Å². The van der Waals surface area contributed by atoms with Gasteiger partial charge in [0, 0.05) is 17.6 Å². The first-order valence-electron chi connectivity index (χ1n) is 8.60. The first-order chi connectivity index (χ1) is 11.9. The van der Waals surface area contributed by atoms with Crippen molar-refractivity contribution in [3.63, 3.8) is 0 Å². The van der Waals surface area contributed by atoms with E-state index < -0.39 is 5.97 Å². The first-order valence-corrected chi connectivity index (χ1v) is 8.60. The maximum atomic E-state index is 12.2. The second-order valence-electron chi connectivity index (χ2n) is 6.36. The molecule has 1 atom stereocenters. The second-order valence-corrected chi connectivity index (χ2v) is 6.36. The number of carbonyl (C=O) groups excluding carboxylic acids is 1. The molecule has 0 heterocycles. The maximum Gasteiger partial charge on any atom is 0.317 e. The quantitative estimate of drug-likeness (QED) is 0.668. The van der Waals surface area contributed by atoms with E-state index in [1.807, 2.05) is 43.0 Å². The van der Waals surface area contributed by atoms with E-state index in [-0.39, 0.29) is 30.7 Å². The SMILES string of the molecule is CCN(CC(=O)O)C1CC(NC(=O)NC(C)c2ccccc2OC)C1. The lowest BCUT2D eigenvalue weighted by molar-refractivity contribution is -0.139. The minimum Gasteiger partial charge on any atom is -0.496 e. The van der Waals surface area contributed by atoms with Gasteiger partial charge in [0.15, 0.2) is 0 Å². The predicted molar refractivity (Wildman–Crippen MR) is 94.8 cm³/mol. The number of hydrogen-bond acceptors (Lipinski definition) is 4. The Balaban J connectivity index is 1.79. The van der Waals surface area contributed by atoms with Crippen LogP contribution in [0.2, 0.25) is 0 Å². The highest BCUT2D eigenvalue weighted by atomic mass is 16.5. The average Bonchev–Trinajstić information content (AvgIpc) is 2.55. The topological polar surface area (TPSA) is 90.9 Å². The molecule has 1 aliphatic carbocycles. The van der Waals surface area contributed by atoms with Crippen LogP contribution in [0.15, 0.2) is 24.3 Å². The van der Waals surface area contributed by atoms with Crippen LogP contribution in [-0.4, -0.2) is 54.3 Å². The summed E-state index contributed by atoms with van der Waals surface area (Å²) in [5.41, 5.74) is 0.922. The lowest BCUT2D eigenvalue weighted by Crippen LogP contribution is -2.56. The summed E-state index contributed by atoms with van der Waals surface area (Å²) in [6, 6.07) is 7.50. The minimum absolute atomic E-state index is 0.0465. The summed E-state index contributed by atoms with van der Waals surface area (Å²) in [5, 5.41) is 14.8. The van der Waals surface area contributed by atoms with Crippen molar-refractivity contribution in [1.82, 2.24) is 15.5 Å². The number of carboxylic acid groups (broad SMARTS) is 1. The number of nitrogens with zero attached hydrogens (tertiary/aromatic N) is 1. The third-order valence-corrected chi connectivity index (χ3v) is 4.66. The average molecular weight is 349 g/mol. The molecule has 1 saturated carbocycles. The number of benzene rings is 1. The number of aliphatic carboxylic acids is 1. The van der Waals surface area contributed by atoms with Gasteiger partial charge in [-0.2, -0.15) is 0 Å². The van der Waals surface area contributed by atoms with E-state index in [0.29, 0.717) is 6.54 Å². The molecular weight excluding hydrogens is 322 g/mol. The minimum atomic E-state index is -0.818. The first kappa shape index (κ1) is 19.1. The van der Waals surface area contributed by atoms with Gasteiger partial charge in [-0.15, -0.1) is 0 Å². The van der Waals surface area contributed by atoms with Crippen molar-refractivity contribution in [2.24, 2.45) is 0 Å². The molecule has 0 aromatic heterocycles. The van der Waals surface area contributed by atoms with E-state index >= 15 is 0 Å². The van der Waals surface area contributed by atoms with Gasteiger partial charge in [-0.25, -0.2) is 4.79 Å². The molecule has 2 amide bonds. The molecule has 0 bridgehead atoms. The molecule has 1 aliphatic rings. The largest absolute Gasteiger partial charge is 0.496 e. The summed E-state index contributed by atoms with van der Waals surface area (Å²) in [7, 11) is 1.61. The molecule has 1 unspecified atom stereocenters. The van der Waals surface area contributed by atoms with Crippen LogP contribution in [-0.2, 0) is 4.79 Å². The number of carboxylic acids is 1. The Hall–Kier alpha value is -2.28. The predicted octanol–water partition coefficient (Wildman–Crippen LogP) is 1.99. The number of urea groups is 1. The molecule has 1 fully saturated rings. The fourth-order valence-electron chi connectivity index (χ4n) is 3.20. The van der Waals surface area contributed by atoms with Crippen molar-refractivity contribution in [2.75, 3.05) is 20.2 Å². The summed E-state index contributed by atoms with van der Waals surface area (Å²) in [6.07, 6.45) is 1.55. The summed E-state index contributed by atoms with van der Waals surface area (Å²) in [4.78, 5) is 25.0. The smallest absolute Gasteiger partial charge is 0.317 e. The Morgan fingerprint density at radius 2 is 2.04 bits per heavy atom. The van der Waals surface area contributed by atoms with Crippen molar-refractivity contribution in [3.05, 3.63) is 29.8 Å². The van der Waals surface area contributed by atoms with Crippen LogP contribution < -0.4 is 15.4 Å². The number of amides is 2. The van der Waals surface area contributed by atoms with Crippen LogP contribution in [0.4, 0.5) is 4.79 Å². The van der Waals surface area contributed by atoms with Crippen LogP contribution >= 0.6 is 0 Å². The van der Waals surface area contributed by atoms with Crippen LogP contribution in [0.5, 0.6) is 5.75 Å². The van der Waals surface area contributed by atoms with Crippen LogP contribution in [0, 0.1) is 0 Å². The van der Waals surface area contributed by atoms with Gasteiger partial charge in [0.25, 0.3) is 0 Å². The summed E-state index contributed by atoms with van der Waals surface area (Å²) in [6.45, 7) is 4.60. The maximum absolute atomic E-state index is 12.2. The van der Waals surface area contributed by atoms with Crippen LogP contribution in [0.25, 0.3) is 0 Å². The zero-order chi connectivity index (χ0) is 18.4. The van der Waals surface area contributed by atoms with E-state index in [4.69, 9.17) is 9.84 Å². The van der Waals surface area contributed by atoms with Gasteiger partial charge in [0.05, 0.1) is 19.7 Å². The van der Waals surface area contributed by atoms with Gasteiger partial charge < -0.3 is 20.5 Å². The highest BCUT2D eigenvalue weighted by Gasteiger charge is 2.34. The number of hydrogen-bond donors (Lipinski definition) is 3. The lowest BCUT2D eigenvalue weighted by atomic mass is 9.85. The van der Waals surface area contributed by atoms with E-state index in [2.05, 4.69) is 10.6 Å². The van der Waals surface area contributed by atoms with Gasteiger partial charge in [-0.1, -0.05) is 25.1 Å². The number of carbonyl (C=O) groups is 2. The van der Waals surface area contributed by atoms with Gasteiger partial charge in [0.1, 0.15) is 5.75 Å². The van der Waals surface area contributed by atoms with E-state index in [1.165, 1.54) is 0 Å². The molecule has 25 heavy (non-hydrogen) atoms. The van der Waals surface area contributed by atoms with Crippen molar-refractivity contribution < 1.29 is 19.4 Å². The lowest BCUT2D eigenvalue weighted by Gasteiger charge is -2.42. The third-order valence-electron chi connectivity index (χ3n) is 4.66. The molecule has 0 saturated heterocycles. The van der Waals surface area contributed by atoms with Gasteiger partial charge in [-0.3, -0.25) is 9.69 Å². The Labute approximate surface area is 148 Å². The van der Waals surface area contributed by atoms with Gasteiger partial charge in [0.2, 0.25) is 0 Å². The fraction of sp³-hybridized carbons (Fsp3) is 0.556. The van der Waals surface area contributed by atoms with Gasteiger partial charge in [-0.05, 0) is 32.4 Å². The molecule has 0 radical (unpaired) electrons. The second kappa shape index (κ2) is 8.71. The molecule has 0 spiro atoms. The zero-order valence-electron chi connectivity index (χ0n) is 15.0. The normalized spacial score (nSPS) is 20.5. The molecular formula is C18H27N3O4. The third kappa shape index (κ3) is 5.09. The van der Waals surface area contributed by atoms with Crippen molar-refractivity contribution >= 4 is 12.0 Å². The molecule has 2 rings (SSSR count). The number of methoxy groups -OCH3 is 1. The standard InChI is InChI=1S/C18H27N3O4/c1-4-21(11-17(22)23)14-9-13(10-14)20-18(24)19-12(2)15-7-5-6-8-16(15)25-3/h5-8,12-14H,4,9-11H2,1-3H3,(H,22,23)(H2,19,20,24). The van der Waals surface area contributed by atoms with E-state index in [1.54, 1.807) is 7.11 Å². The Bertz CT molecular complexity index is 602. The van der Waals surface area contributed by atoms with E-state index in [0.717, 1.165) is 24.2 Å². The van der Waals surface area contributed by atoms with Crippen molar-refractivity contribution in [2.45, 2.75) is 44.8 Å². The summed E-state index contributed by atoms with van der Waals surface area (Å²) < 4.78 is 5.32. The van der Waals surface area contributed by atoms with Crippen LogP contribution in [0.1, 0.15) is 38.3 Å². The number of para-hydroxylation sites is 1. The van der Waals surface area contributed by atoms with E-state index in [9.17, 15) is 9.59 Å². The number of rotatable bonds is 8. The highest BCUT2D eigenvalue weighted by Crippen LogP contribution is 2.26. The Morgan fingerprint density at radius 1 is 1.36 bits per heavy atom. The summed E-state index contributed by atoms with van der Waals surface area (Å²) >= 11 is 0. The molecule has 138 valence electrons. The summed E-state index contributed by atoms with van der Waals surface area (Å²) in [5.74, 6) is -0.0760. The van der Waals surface area contributed by atoms with Gasteiger partial charge >= 0.3 is 12.0 Å². The molecule has 0 aliphatic heterocycles. The van der Waals surface area contributed by atoms with Crippen molar-refractivity contribution in [3.8, 4) is 5.75 Å².